The van der Waals surface area contributed by atoms with Gasteiger partial charge in [0.25, 0.3) is 0 Å². The van der Waals surface area contributed by atoms with E-state index in [0.717, 1.165) is 147 Å². The molecule has 1 aliphatic carbocycles. The molecule has 6 N–H and O–H groups in total. The van der Waals surface area contributed by atoms with Crippen LogP contribution in [-0.4, -0.2) is 135 Å². The molecular weight excluding hydrogens is 1520 g/mol. The van der Waals surface area contributed by atoms with E-state index in [1.54, 1.807) is 0 Å². The summed E-state index contributed by atoms with van der Waals surface area (Å²) in [5.74, 6) is 8.42. The molecule has 9 aliphatic rings. The molecule has 600 valence electrons. The SMILES string of the molecule is CC(C)(C)N1C[C@@H](CCl)c2c1cc(O)c1ccc3c(c21)CCC3.CC(C)(C)N1C[C@@H](CCl)c2c1cc(O)c1ccc3c(c21)CCN3.CC(C)(C)N1C[C@@H](CCl)c2c1cc(O)c1ccc3c(c21)OCC3.CC(C)(C)N1C[C@@H](CCl)c2c1cc(O)c1ccc3c(c21)OCO3.C[C@@H]1[C@@H](CCl)c2c(cc(O)c3ccccc23)N1C(C)(C)C. The van der Waals surface area contributed by atoms with Gasteiger partial charge in [0.2, 0.25) is 6.79 Å². The zero-order valence-electron chi connectivity index (χ0n) is 68.4. The van der Waals surface area contributed by atoms with Crippen LogP contribution in [0.1, 0.15) is 197 Å². The van der Waals surface area contributed by atoms with Crippen LogP contribution in [0.2, 0.25) is 0 Å². The topological polar surface area (TPSA) is 157 Å². The lowest BCUT2D eigenvalue weighted by molar-refractivity contribution is 0.175. The summed E-state index contributed by atoms with van der Waals surface area (Å²) in [7, 11) is 0. The van der Waals surface area contributed by atoms with E-state index in [4.69, 9.17) is 72.2 Å². The third-order valence-corrected chi connectivity index (χ3v) is 26.8. The molecule has 0 fully saturated rings. The van der Waals surface area contributed by atoms with Crippen molar-refractivity contribution in [3.8, 4) is 46.0 Å². The van der Waals surface area contributed by atoms with Crippen molar-refractivity contribution in [2.75, 3.05) is 105 Å². The van der Waals surface area contributed by atoms with E-state index >= 15 is 0 Å². The molecule has 0 amide bonds. The Bertz CT molecular complexity index is 4860. The molecule has 10 aromatic carbocycles. The second kappa shape index (κ2) is 30.0. The van der Waals surface area contributed by atoms with Gasteiger partial charge in [0, 0.05) is 234 Å². The van der Waals surface area contributed by atoms with Crippen LogP contribution in [0.4, 0.5) is 34.1 Å². The fraction of sp³-hybridized carbons (Fsp3) is 0.468. The highest BCUT2D eigenvalue weighted by Crippen LogP contribution is 2.58. The Balaban J connectivity index is 0.000000112. The molecule has 0 aromatic heterocycles. The van der Waals surface area contributed by atoms with Gasteiger partial charge in [-0.15, -0.1) is 58.0 Å². The Morgan fingerprint density at radius 2 is 0.805 bits per heavy atom. The van der Waals surface area contributed by atoms with Crippen molar-refractivity contribution >= 4 is 146 Å². The second-order valence-corrected chi connectivity index (χ2v) is 38.8. The van der Waals surface area contributed by atoms with Gasteiger partial charge in [-0.25, -0.2) is 0 Å². The van der Waals surface area contributed by atoms with Crippen molar-refractivity contribution in [1.29, 1.82) is 0 Å². The maximum atomic E-state index is 10.6. The van der Waals surface area contributed by atoms with Crippen LogP contribution >= 0.6 is 58.0 Å². The summed E-state index contributed by atoms with van der Waals surface area (Å²) in [6, 6.07) is 34.2. The van der Waals surface area contributed by atoms with Crippen LogP contribution in [0.15, 0.2) is 103 Å². The zero-order valence-corrected chi connectivity index (χ0v) is 72.2. The van der Waals surface area contributed by atoms with Crippen LogP contribution in [0.3, 0.4) is 0 Å². The predicted molar refractivity (Wildman–Crippen MR) is 475 cm³/mol. The minimum atomic E-state index is -0.0506. The van der Waals surface area contributed by atoms with E-state index in [-0.39, 0.29) is 58.0 Å². The molecule has 10 aromatic rings. The molecule has 19 heteroatoms. The summed E-state index contributed by atoms with van der Waals surface area (Å²) in [5.41, 5.74) is 18.5. The zero-order chi connectivity index (χ0) is 80.8. The summed E-state index contributed by atoms with van der Waals surface area (Å²) in [6.45, 7) is 40.7. The highest BCUT2D eigenvalue weighted by Gasteiger charge is 2.45. The lowest BCUT2D eigenvalue weighted by Gasteiger charge is -2.39. The van der Waals surface area contributed by atoms with Crippen molar-refractivity contribution in [3.63, 3.8) is 0 Å². The van der Waals surface area contributed by atoms with Gasteiger partial charge in [0.15, 0.2) is 11.5 Å². The number of nitrogens with one attached hydrogen (secondary N) is 1. The van der Waals surface area contributed by atoms with Crippen LogP contribution < -0.4 is 44.0 Å². The summed E-state index contributed by atoms with van der Waals surface area (Å²) in [5, 5.41) is 66.4. The molecular formula is C94H111Cl5N6O8. The maximum absolute atomic E-state index is 10.6. The van der Waals surface area contributed by atoms with Crippen molar-refractivity contribution in [3.05, 3.63) is 153 Å². The number of aryl methyl sites for hydroxylation is 2. The fourth-order valence-corrected chi connectivity index (χ4v) is 21.4. The number of phenols is 5. The molecule has 113 heavy (non-hydrogen) atoms. The van der Waals surface area contributed by atoms with Gasteiger partial charge in [0.05, 0.1) is 6.61 Å². The number of halogens is 5. The second-order valence-electron chi connectivity index (χ2n) is 37.2. The Kier molecular flexibility index (Phi) is 21.3. The van der Waals surface area contributed by atoms with Crippen molar-refractivity contribution in [2.24, 2.45) is 0 Å². The molecule has 14 nitrogen and oxygen atoms in total. The van der Waals surface area contributed by atoms with Crippen molar-refractivity contribution < 1.29 is 39.7 Å². The summed E-state index contributed by atoms with van der Waals surface area (Å²) in [4.78, 5) is 11.8. The molecule has 0 saturated heterocycles. The number of benzene rings is 10. The number of ether oxygens (including phenoxy) is 3. The first kappa shape index (κ1) is 80.3. The Labute approximate surface area is 691 Å². The molecule has 8 heterocycles. The highest BCUT2D eigenvalue weighted by molar-refractivity contribution is 6.21. The molecule has 0 bridgehead atoms. The Hall–Kier alpha value is -7.85. The van der Waals surface area contributed by atoms with Crippen LogP contribution in [0.25, 0.3) is 53.9 Å². The van der Waals surface area contributed by atoms with Crippen LogP contribution in [-0.2, 0) is 25.7 Å². The lowest BCUT2D eigenvalue weighted by Crippen LogP contribution is -2.46. The molecule has 8 aliphatic heterocycles. The first-order valence-corrected chi connectivity index (χ1v) is 43.0. The van der Waals surface area contributed by atoms with E-state index in [0.29, 0.717) is 76.9 Å². The Morgan fingerprint density at radius 1 is 0.389 bits per heavy atom. The third-order valence-electron chi connectivity index (χ3n) is 25.0. The van der Waals surface area contributed by atoms with Gasteiger partial charge in [-0.3, -0.25) is 0 Å². The monoisotopic (exact) mass is 1630 g/mol. The van der Waals surface area contributed by atoms with Gasteiger partial charge in [-0.1, -0.05) is 48.5 Å². The van der Waals surface area contributed by atoms with Gasteiger partial charge in [-0.05, 0) is 227 Å². The van der Waals surface area contributed by atoms with E-state index in [9.17, 15) is 25.5 Å². The van der Waals surface area contributed by atoms with Crippen LogP contribution in [0.5, 0.6) is 46.0 Å². The quantitative estimate of drug-likeness (QED) is 0.0905. The van der Waals surface area contributed by atoms with Gasteiger partial charge in [0.1, 0.15) is 34.5 Å². The summed E-state index contributed by atoms with van der Waals surface area (Å²) >= 11 is 31.6. The normalized spacial score (nSPS) is 20.2. The first-order chi connectivity index (χ1) is 53.5. The van der Waals surface area contributed by atoms with Crippen molar-refractivity contribution in [1.82, 2.24) is 0 Å². The third kappa shape index (κ3) is 13.9. The smallest absolute Gasteiger partial charge is 0.231 e. The van der Waals surface area contributed by atoms with Gasteiger partial charge in [-0.2, -0.15) is 0 Å². The van der Waals surface area contributed by atoms with E-state index < -0.39 is 0 Å². The van der Waals surface area contributed by atoms with Gasteiger partial charge < -0.3 is 69.6 Å². The summed E-state index contributed by atoms with van der Waals surface area (Å²) in [6.07, 6.45) is 5.43. The summed E-state index contributed by atoms with van der Waals surface area (Å²) < 4.78 is 17.2. The maximum Gasteiger partial charge on any atom is 0.231 e. The number of fused-ring (bicyclic) bond motifs is 23. The number of phenolic OH excluding ortho intramolecular Hbond substituents is 5. The van der Waals surface area contributed by atoms with Crippen molar-refractivity contribution in [2.45, 2.75) is 206 Å². The molecule has 6 atom stereocenters. The first-order valence-electron chi connectivity index (χ1n) is 40.3. The largest absolute Gasteiger partial charge is 0.507 e. The molecule has 0 radical (unpaired) electrons. The molecule has 0 unspecified atom stereocenters. The molecule has 0 saturated carbocycles. The van der Waals surface area contributed by atoms with E-state index in [1.807, 2.05) is 72.8 Å². The highest BCUT2D eigenvalue weighted by atomic mass is 35.5. The average molecular weight is 1630 g/mol. The lowest BCUT2D eigenvalue weighted by atomic mass is 9.90. The number of anilines is 6. The fourth-order valence-electron chi connectivity index (χ4n) is 19.9. The van der Waals surface area contributed by atoms with E-state index in [2.05, 4.69) is 171 Å². The standard InChI is InChI=1S/C20H24ClNO.C19H23ClN2O.C19H22ClNO2.C18H20ClNO3.C18H22ClNO/c1-20(2,3)22-11-13(10-21)18-16(22)9-17(23)15-8-7-12-5-4-6-14(12)19(15)18;1-19(2,3)22-10-11(9-20)17-15(22)8-16(23)13-4-5-14-12(18(13)17)6-7-21-14;1-19(2,3)21-10-12(9-20)16-14(21)8-15(22)13-5-4-11-6-7-23-18(11)17(13)16;1-18(2,3)20-8-10(7-19)15-12(20)6-13(21)11-4-5-14-17(16(11)15)23-9-22-14;1-11-14(10-19)17-13-8-6-5-7-12(13)16(21)9-15(17)20(11)18(2,3)4/h7-9,13,23H,4-6,10-11H2,1-3H3;4-5,8,11,21,23H,6-7,9-10H2,1-3H3;4-5,8,12,22H,6-7,9-10H2,1-3H3;4-6,10,21H,7-9H2,1-3H3;5-9,11,14,21H,10H2,1-4H3/t13-;11-;12-;10-;11-,14-/m11111/s1. The Morgan fingerprint density at radius 3 is 1.27 bits per heavy atom. The van der Waals surface area contributed by atoms with E-state index in [1.165, 1.54) is 73.1 Å². The predicted octanol–water partition coefficient (Wildman–Crippen LogP) is 22.9. The minimum Gasteiger partial charge on any atom is -0.507 e. The number of aromatic hydroxyl groups is 5. The number of rotatable bonds is 5. The number of hydrogen-bond acceptors (Lipinski definition) is 14. The molecule has 19 rings (SSSR count). The average Bonchev–Trinajstić information content (AvgIpc) is 1.62. The number of alkyl halides is 5. The number of nitrogens with zero attached hydrogens (tertiary/aromatic N) is 5. The number of hydrogen-bond donors (Lipinski definition) is 6. The minimum absolute atomic E-state index is 0.00583. The van der Waals surface area contributed by atoms with Gasteiger partial charge >= 0.3 is 0 Å². The van der Waals surface area contributed by atoms with Crippen LogP contribution in [0, 0.1) is 0 Å². The molecule has 0 spiro atoms.